The first-order valence-corrected chi connectivity index (χ1v) is 11.0. The third-order valence-corrected chi connectivity index (χ3v) is 6.35. The number of hydrogen-bond acceptors (Lipinski definition) is 6. The second-order valence-electron chi connectivity index (χ2n) is 8.40. The molecule has 8 nitrogen and oxygen atoms in total. The molecule has 2 heterocycles. The molecule has 8 heteroatoms. The van der Waals surface area contributed by atoms with Crippen LogP contribution in [0.3, 0.4) is 0 Å². The molecule has 0 aromatic heterocycles. The highest BCUT2D eigenvalue weighted by atomic mass is 16.5. The Kier molecular flexibility index (Phi) is 7.67. The quantitative estimate of drug-likeness (QED) is 0.571. The Bertz CT molecular complexity index is 778. The maximum absolute atomic E-state index is 13.2. The number of carbonyl (C=O) groups is 3. The summed E-state index contributed by atoms with van der Waals surface area (Å²) in [5.74, 6) is -1.73. The Labute approximate surface area is 182 Å². The minimum atomic E-state index is -1.01. The van der Waals surface area contributed by atoms with E-state index in [0.717, 1.165) is 5.56 Å². The van der Waals surface area contributed by atoms with Crippen molar-refractivity contribution in [3.05, 3.63) is 35.9 Å². The van der Waals surface area contributed by atoms with Crippen molar-refractivity contribution < 1.29 is 29.0 Å². The summed E-state index contributed by atoms with van der Waals surface area (Å²) < 4.78 is 10.7. The lowest BCUT2D eigenvalue weighted by Crippen LogP contribution is -2.55. The number of hydrogen-bond donors (Lipinski definition) is 2. The van der Waals surface area contributed by atoms with Crippen LogP contribution in [0.4, 0.5) is 0 Å². The van der Waals surface area contributed by atoms with E-state index in [0.29, 0.717) is 45.4 Å². The van der Waals surface area contributed by atoms with Crippen LogP contribution >= 0.6 is 0 Å². The van der Waals surface area contributed by atoms with Gasteiger partial charge in [0.15, 0.2) is 0 Å². The van der Waals surface area contributed by atoms with E-state index in [2.05, 4.69) is 5.32 Å². The maximum atomic E-state index is 13.2. The number of aliphatic carboxylic acids is 1. The van der Waals surface area contributed by atoms with Gasteiger partial charge in [0.25, 0.3) is 0 Å². The largest absolute Gasteiger partial charge is 0.480 e. The number of amides is 1. The van der Waals surface area contributed by atoms with Crippen molar-refractivity contribution in [2.24, 2.45) is 5.41 Å². The predicted octanol–water partition coefficient (Wildman–Crippen LogP) is 1.62. The summed E-state index contributed by atoms with van der Waals surface area (Å²) in [6.45, 7) is 4.92. The number of carbonyl (C=O) groups excluding carboxylic acids is 2. The second kappa shape index (κ2) is 10.2. The summed E-state index contributed by atoms with van der Waals surface area (Å²) >= 11 is 0. The van der Waals surface area contributed by atoms with Gasteiger partial charge in [0.05, 0.1) is 19.3 Å². The molecule has 1 amide bonds. The van der Waals surface area contributed by atoms with Crippen LogP contribution in [0, 0.1) is 5.41 Å². The molecule has 4 atom stereocenters. The average Bonchev–Trinajstić information content (AvgIpc) is 3.38. The molecule has 3 rings (SSSR count). The second-order valence-corrected chi connectivity index (χ2v) is 8.40. The van der Waals surface area contributed by atoms with Crippen LogP contribution in [0.1, 0.15) is 38.7 Å². The van der Waals surface area contributed by atoms with Gasteiger partial charge in [0.1, 0.15) is 12.1 Å². The predicted molar refractivity (Wildman–Crippen MR) is 113 cm³/mol. The highest BCUT2D eigenvalue weighted by Gasteiger charge is 2.55. The van der Waals surface area contributed by atoms with Gasteiger partial charge in [0, 0.05) is 18.6 Å². The first-order chi connectivity index (χ1) is 14.9. The molecule has 2 aliphatic rings. The van der Waals surface area contributed by atoms with Crippen LogP contribution in [0.25, 0.3) is 0 Å². The summed E-state index contributed by atoms with van der Waals surface area (Å²) in [5, 5.41) is 12.9. The molecule has 0 radical (unpaired) electrons. The number of nitrogens with one attached hydrogen (secondary N) is 1. The first kappa shape index (κ1) is 23.2. The molecule has 2 N–H and O–H groups in total. The van der Waals surface area contributed by atoms with E-state index < -0.39 is 35.5 Å². The van der Waals surface area contributed by atoms with Gasteiger partial charge in [-0.05, 0) is 45.1 Å². The fourth-order valence-electron chi connectivity index (χ4n) is 4.70. The van der Waals surface area contributed by atoms with Crippen LogP contribution in [0.5, 0.6) is 0 Å². The molecule has 1 aromatic carbocycles. The van der Waals surface area contributed by atoms with Gasteiger partial charge in [0.2, 0.25) is 5.91 Å². The number of carboxylic acid groups (broad SMARTS) is 1. The van der Waals surface area contributed by atoms with Crippen molar-refractivity contribution in [1.82, 2.24) is 10.2 Å². The zero-order valence-corrected chi connectivity index (χ0v) is 18.2. The summed E-state index contributed by atoms with van der Waals surface area (Å²) in [7, 11) is 0. The number of esters is 1. The number of rotatable bonds is 9. The summed E-state index contributed by atoms with van der Waals surface area (Å²) in [6.07, 6.45) is 2.37. The van der Waals surface area contributed by atoms with E-state index in [1.165, 1.54) is 4.90 Å². The first-order valence-electron chi connectivity index (χ1n) is 11.0. The molecule has 0 aliphatic carbocycles. The highest BCUT2D eigenvalue weighted by molar-refractivity contribution is 5.88. The van der Waals surface area contributed by atoms with E-state index >= 15 is 0 Å². The van der Waals surface area contributed by atoms with Gasteiger partial charge in [-0.1, -0.05) is 30.3 Å². The van der Waals surface area contributed by atoms with Crippen LogP contribution in [-0.4, -0.2) is 72.3 Å². The van der Waals surface area contributed by atoms with Gasteiger partial charge in [-0.25, -0.2) is 4.79 Å². The van der Waals surface area contributed by atoms with Gasteiger partial charge in [-0.2, -0.15) is 0 Å². The Morgan fingerprint density at radius 3 is 2.65 bits per heavy atom. The van der Waals surface area contributed by atoms with E-state index in [1.807, 2.05) is 30.3 Å². The van der Waals surface area contributed by atoms with Crippen LogP contribution in [-0.2, 0) is 30.3 Å². The van der Waals surface area contributed by atoms with Crippen molar-refractivity contribution in [2.75, 3.05) is 26.4 Å². The molecular formula is C23H32N2O6. The number of nitrogens with zero attached hydrogens (tertiary/aromatic N) is 1. The van der Waals surface area contributed by atoms with Gasteiger partial charge >= 0.3 is 11.9 Å². The Morgan fingerprint density at radius 2 is 2.03 bits per heavy atom. The normalized spacial score (nSPS) is 24.8. The smallest absolute Gasteiger partial charge is 0.327 e. The standard InChI is InChI=1S/C23H32N2O6/c1-3-31-22(29)18(10-9-17-7-5-4-6-8-17)24-16(2)20(26)25-13-11-23(12-14-30-15-23)19(25)21(27)28/h4-8,16,18-19,24H,3,9-15H2,1-2H3,(H,27,28)/t16-,18?,19+,23?/m0/s1. The van der Waals surface area contributed by atoms with E-state index in [-0.39, 0.29) is 12.5 Å². The lowest BCUT2D eigenvalue weighted by Gasteiger charge is -2.32. The van der Waals surface area contributed by atoms with E-state index in [4.69, 9.17) is 9.47 Å². The van der Waals surface area contributed by atoms with Crippen molar-refractivity contribution in [3.8, 4) is 0 Å². The van der Waals surface area contributed by atoms with Gasteiger partial charge < -0.3 is 19.5 Å². The number of ether oxygens (including phenoxy) is 2. The minimum absolute atomic E-state index is 0.250. The molecule has 170 valence electrons. The molecule has 0 bridgehead atoms. The zero-order chi connectivity index (χ0) is 22.4. The molecule has 1 spiro atoms. The lowest BCUT2D eigenvalue weighted by atomic mass is 9.79. The molecule has 31 heavy (non-hydrogen) atoms. The highest BCUT2D eigenvalue weighted by Crippen LogP contribution is 2.44. The Balaban J connectivity index is 1.68. The van der Waals surface area contributed by atoms with Crippen LogP contribution in [0.2, 0.25) is 0 Å². The summed E-state index contributed by atoms with van der Waals surface area (Å²) in [6, 6.07) is 7.51. The molecule has 2 fully saturated rings. The monoisotopic (exact) mass is 432 g/mol. The number of likely N-dealkylation sites (tertiary alicyclic amines) is 1. The van der Waals surface area contributed by atoms with Crippen LogP contribution < -0.4 is 5.32 Å². The Morgan fingerprint density at radius 1 is 1.29 bits per heavy atom. The number of benzene rings is 1. The molecule has 2 aliphatic heterocycles. The minimum Gasteiger partial charge on any atom is -0.480 e. The fraction of sp³-hybridized carbons (Fsp3) is 0.609. The topological polar surface area (TPSA) is 105 Å². The molecule has 2 unspecified atom stereocenters. The molecule has 0 saturated carbocycles. The lowest BCUT2D eigenvalue weighted by molar-refractivity contribution is -0.153. The summed E-state index contributed by atoms with van der Waals surface area (Å²) in [5.41, 5.74) is 0.570. The summed E-state index contributed by atoms with van der Waals surface area (Å²) in [4.78, 5) is 39.2. The van der Waals surface area contributed by atoms with E-state index in [1.54, 1.807) is 13.8 Å². The molecule has 1 aromatic rings. The third kappa shape index (κ3) is 5.25. The number of aryl methyl sites for hydroxylation is 1. The van der Waals surface area contributed by atoms with Crippen molar-refractivity contribution in [1.29, 1.82) is 0 Å². The van der Waals surface area contributed by atoms with Crippen LogP contribution in [0.15, 0.2) is 30.3 Å². The average molecular weight is 433 g/mol. The fourth-order valence-corrected chi connectivity index (χ4v) is 4.70. The maximum Gasteiger partial charge on any atom is 0.327 e. The SMILES string of the molecule is CCOC(=O)C(CCc1ccccc1)N[C@@H](C)C(=O)N1CCC2(CCOC2)[C@H]1C(=O)O. The van der Waals surface area contributed by atoms with Gasteiger partial charge in [-0.3, -0.25) is 14.9 Å². The van der Waals surface area contributed by atoms with Crippen molar-refractivity contribution >= 4 is 17.8 Å². The zero-order valence-electron chi connectivity index (χ0n) is 18.2. The van der Waals surface area contributed by atoms with Crippen molar-refractivity contribution in [2.45, 2.75) is 57.7 Å². The van der Waals surface area contributed by atoms with E-state index in [9.17, 15) is 19.5 Å². The third-order valence-electron chi connectivity index (χ3n) is 6.35. The molecular weight excluding hydrogens is 400 g/mol. The van der Waals surface area contributed by atoms with Crippen molar-refractivity contribution in [3.63, 3.8) is 0 Å². The Hall–Kier alpha value is -2.45. The number of carboxylic acids is 1. The molecule has 2 saturated heterocycles. The van der Waals surface area contributed by atoms with Gasteiger partial charge in [-0.15, -0.1) is 0 Å².